The zero-order valence-electron chi connectivity index (χ0n) is 17.3. The van der Waals surface area contributed by atoms with E-state index in [-0.39, 0.29) is 28.5 Å². The van der Waals surface area contributed by atoms with E-state index >= 15 is 0 Å². The molecule has 2 nitrogen and oxygen atoms in total. The Hall–Kier alpha value is -3.13. The monoisotopic (exact) mass is 500 g/mol. The number of benzene rings is 5. The first-order valence-corrected chi connectivity index (χ1v) is 12.0. The summed E-state index contributed by atoms with van der Waals surface area (Å²) in [5.74, 6) is -0.149. The van der Waals surface area contributed by atoms with Gasteiger partial charge in [-0.2, -0.15) is 0 Å². The van der Waals surface area contributed by atoms with Crippen LogP contribution in [0.2, 0.25) is 0 Å². The number of phenols is 2. The fourth-order valence-corrected chi connectivity index (χ4v) is 8.96. The Morgan fingerprint density at radius 3 is 1.38 bits per heavy atom. The summed E-state index contributed by atoms with van der Waals surface area (Å²) >= 11 is 0. The van der Waals surface area contributed by atoms with Crippen molar-refractivity contribution in [2.75, 3.05) is 0 Å². The van der Waals surface area contributed by atoms with E-state index in [1.165, 1.54) is 0 Å². The van der Waals surface area contributed by atoms with E-state index in [4.69, 9.17) is 0 Å². The summed E-state index contributed by atoms with van der Waals surface area (Å²) in [6.45, 7) is 0. The summed E-state index contributed by atoms with van der Waals surface area (Å²) < 4.78 is 0. The van der Waals surface area contributed by atoms with Gasteiger partial charge in [0, 0.05) is 5.39 Å². The molecule has 0 aliphatic heterocycles. The lowest BCUT2D eigenvalue weighted by molar-refractivity contribution is -0.00000761. The molecule has 0 heterocycles. The number of hydrogen-bond acceptors (Lipinski definition) is 2. The van der Waals surface area contributed by atoms with Gasteiger partial charge in [0.1, 0.15) is 23.2 Å². The molecule has 5 aromatic rings. The molecule has 0 unspecified atom stereocenters. The van der Waals surface area contributed by atoms with Crippen molar-refractivity contribution in [3.8, 4) is 11.5 Å². The molecule has 0 fully saturated rings. The van der Waals surface area contributed by atoms with Crippen molar-refractivity contribution in [2.24, 2.45) is 0 Å². The van der Waals surface area contributed by atoms with Crippen LogP contribution in [0.5, 0.6) is 11.5 Å². The first-order valence-electron chi connectivity index (χ1n) is 10.2. The highest BCUT2D eigenvalue weighted by molar-refractivity contribution is 8.02. The molecule has 2 N–H and O–H groups in total. The second kappa shape index (κ2) is 9.16. The topological polar surface area (TPSA) is 40.5 Å². The molecule has 0 saturated heterocycles. The quantitative estimate of drug-likeness (QED) is 0.292. The second-order valence-electron chi connectivity index (χ2n) is 7.49. The average molecular weight is 501 g/mol. The third-order valence-electron chi connectivity index (χ3n) is 5.74. The molecular weight excluding hydrogens is 479 g/mol. The molecule has 0 radical (unpaired) electrons. The summed E-state index contributed by atoms with van der Waals surface area (Å²) in [6, 6.07) is 40.6. The molecule has 5 aromatic carbocycles. The Morgan fingerprint density at radius 1 is 0.500 bits per heavy atom. The summed E-state index contributed by atoms with van der Waals surface area (Å²) in [5.41, 5.74) is 0. The minimum atomic E-state index is -2.53. The van der Waals surface area contributed by atoms with Crippen molar-refractivity contribution in [3.05, 3.63) is 121 Å². The van der Waals surface area contributed by atoms with Crippen molar-refractivity contribution in [1.29, 1.82) is 0 Å². The highest BCUT2D eigenvalue weighted by atomic mass is 79.9. The van der Waals surface area contributed by atoms with Gasteiger partial charge in [-0.15, -0.1) is 0 Å². The predicted molar refractivity (Wildman–Crippen MR) is 132 cm³/mol. The van der Waals surface area contributed by atoms with Crippen LogP contribution in [0.4, 0.5) is 0 Å². The third-order valence-corrected chi connectivity index (χ3v) is 10.1. The average Bonchev–Trinajstić information content (AvgIpc) is 2.84. The summed E-state index contributed by atoms with van der Waals surface area (Å²) in [5, 5.41) is 28.2. The van der Waals surface area contributed by atoms with Crippen molar-refractivity contribution in [1.82, 2.24) is 0 Å². The second-order valence-corrected chi connectivity index (χ2v) is 10.8. The fraction of sp³-hybridized carbons (Fsp3) is 0. The zero-order chi connectivity index (χ0) is 21.3. The molecule has 0 aliphatic carbocycles. The molecule has 5 rings (SSSR count). The van der Waals surface area contributed by atoms with Crippen LogP contribution in [-0.2, 0) is 0 Å². The first-order chi connectivity index (χ1) is 15.2. The smallest absolute Gasteiger partial charge is 0.202 e. The van der Waals surface area contributed by atoms with E-state index in [1.54, 1.807) is 6.07 Å². The molecule has 158 valence electrons. The number of aromatic hydroxyl groups is 2. The lowest BCUT2D eigenvalue weighted by atomic mass is 10.1. The van der Waals surface area contributed by atoms with Crippen LogP contribution in [0.25, 0.3) is 10.8 Å². The van der Waals surface area contributed by atoms with E-state index in [0.717, 1.165) is 32.0 Å². The normalized spacial score (nSPS) is 11.1. The predicted octanol–water partition coefficient (Wildman–Crippen LogP) is 1.87. The van der Waals surface area contributed by atoms with Gasteiger partial charge in [-0.25, -0.2) is 0 Å². The van der Waals surface area contributed by atoms with E-state index in [1.807, 2.05) is 78.9 Å². The van der Waals surface area contributed by atoms with Gasteiger partial charge < -0.3 is 27.2 Å². The highest BCUT2D eigenvalue weighted by Crippen LogP contribution is 2.58. The first kappa shape index (κ1) is 22.1. The molecule has 0 bridgehead atoms. The van der Waals surface area contributed by atoms with E-state index in [9.17, 15) is 10.2 Å². The van der Waals surface area contributed by atoms with Gasteiger partial charge >= 0.3 is 0 Å². The summed E-state index contributed by atoms with van der Waals surface area (Å²) in [6.07, 6.45) is 0. The Bertz CT molecular complexity index is 1240. The van der Waals surface area contributed by atoms with E-state index < -0.39 is 7.26 Å². The van der Waals surface area contributed by atoms with E-state index in [2.05, 4.69) is 36.4 Å². The molecule has 4 heteroatoms. The molecule has 0 aromatic heterocycles. The number of halogens is 1. The van der Waals surface area contributed by atoms with Gasteiger partial charge in [0.2, 0.25) is 5.75 Å². The fourth-order valence-electron chi connectivity index (χ4n) is 4.43. The number of phenolic OH excluding ortho intramolecular Hbond substituents is 2. The molecule has 0 aliphatic rings. The van der Waals surface area contributed by atoms with Crippen LogP contribution < -0.4 is 38.2 Å². The Morgan fingerprint density at radius 2 is 0.906 bits per heavy atom. The van der Waals surface area contributed by atoms with Crippen molar-refractivity contribution in [2.45, 2.75) is 0 Å². The number of fused-ring (bicyclic) bond motifs is 1. The minimum absolute atomic E-state index is 0. The van der Waals surface area contributed by atoms with Gasteiger partial charge in [0.05, 0.1) is 0 Å². The molecule has 0 amide bonds. The standard InChI is InChI=1S/C28H21O2P.BrH/c29-26-20-21-12-10-11-19-25(21)28(27(26)30)31(22-13-4-1-5-14-22,23-15-6-2-7-16-23)24-17-8-3-9-18-24;/h1-20H,(H-,29,30);1H. The van der Waals surface area contributed by atoms with Crippen LogP contribution in [0.15, 0.2) is 121 Å². The largest absolute Gasteiger partial charge is 1.00 e. The summed E-state index contributed by atoms with van der Waals surface area (Å²) in [7, 11) is -2.53. The van der Waals surface area contributed by atoms with Crippen molar-refractivity contribution >= 4 is 39.3 Å². The minimum Gasteiger partial charge on any atom is -1.00 e. The van der Waals surface area contributed by atoms with Crippen LogP contribution >= 0.6 is 7.26 Å². The Labute approximate surface area is 198 Å². The van der Waals surface area contributed by atoms with Crippen LogP contribution in [0.3, 0.4) is 0 Å². The Balaban J connectivity index is 0.00000245. The van der Waals surface area contributed by atoms with Crippen molar-refractivity contribution < 1.29 is 27.2 Å². The van der Waals surface area contributed by atoms with Gasteiger partial charge in [0.25, 0.3) is 0 Å². The molecule has 0 spiro atoms. The summed E-state index contributed by atoms with van der Waals surface area (Å²) in [4.78, 5) is 0. The number of rotatable bonds is 4. The molecule has 0 saturated carbocycles. The third kappa shape index (κ3) is 3.48. The van der Waals surface area contributed by atoms with E-state index in [0.29, 0.717) is 0 Å². The maximum atomic E-state index is 11.4. The van der Waals surface area contributed by atoms with Gasteiger partial charge in [-0.05, 0) is 47.9 Å². The maximum absolute atomic E-state index is 11.4. The van der Waals surface area contributed by atoms with Gasteiger partial charge in [-0.3, -0.25) is 0 Å². The molecule has 0 atom stereocenters. The SMILES string of the molecule is Oc1cc2ccccc2c([P+](c2ccccc2)(c2ccccc2)c2ccccc2)c1O.[Br-]. The van der Waals surface area contributed by atoms with Crippen molar-refractivity contribution in [3.63, 3.8) is 0 Å². The lowest BCUT2D eigenvalue weighted by Crippen LogP contribution is -3.00. The van der Waals surface area contributed by atoms with Gasteiger partial charge in [-0.1, -0.05) is 78.9 Å². The van der Waals surface area contributed by atoms with Crippen LogP contribution in [0, 0.1) is 0 Å². The maximum Gasteiger partial charge on any atom is 0.202 e. The molecule has 32 heavy (non-hydrogen) atoms. The zero-order valence-corrected chi connectivity index (χ0v) is 19.7. The number of hydrogen-bond donors (Lipinski definition) is 2. The Kier molecular flexibility index (Phi) is 6.32. The van der Waals surface area contributed by atoms with Gasteiger partial charge in [0.15, 0.2) is 11.1 Å². The van der Waals surface area contributed by atoms with Crippen LogP contribution in [-0.4, -0.2) is 10.2 Å². The highest BCUT2D eigenvalue weighted by Gasteiger charge is 2.51. The lowest BCUT2D eigenvalue weighted by Gasteiger charge is -2.29. The molecular formula is C28H22BrO2P. The van der Waals surface area contributed by atoms with Crippen LogP contribution in [0.1, 0.15) is 0 Å².